The van der Waals surface area contributed by atoms with Gasteiger partial charge in [0.05, 0.1) is 11.8 Å². The van der Waals surface area contributed by atoms with Crippen molar-refractivity contribution >= 4 is 23.7 Å². The monoisotopic (exact) mass is 204 g/mol. The standard InChI is InChI=1S/C8H12O4S/c9-7(10)5-1-3-13-4-2-6(5)8(11)12/h5-6H,1-4H2,(H,9,10)(H,11,12). The summed E-state index contributed by atoms with van der Waals surface area (Å²) in [4.78, 5) is 21.5. The van der Waals surface area contributed by atoms with E-state index in [9.17, 15) is 9.59 Å². The van der Waals surface area contributed by atoms with Crippen LogP contribution in [-0.4, -0.2) is 33.7 Å². The molecule has 13 heavy (non-hydrogen) atoms. The van der Waals surface area contributed by atoms with Crippen LogP contribution < -0.4 is 0 Å². The van der Waals surface area contributed by atoms with E-state index in [-0.39, 0.29) is 0 Å². The SMILES string of the molecule is O=C(O)C1CCSCCC1C(=O)O. The van der Waals surface area contributed by atoms with Crippen LogP contribution in [0.25, 0.3) is 0 Å². The maximum atomic E-state index is 10.7. The van der Waals surface area contributed by atoms with E-state index in [4.69, 9.17) is 10.2 Å². The first-order chi connectivity index (χ1) is 6.13. The molecule has 5 heteroatoms. The lowest BCUT2D eigenvalue weighted by atomic mass is 9.88. The van der Waals surface area contributed by atoms with Gasteiger partial charge in [-0.3, -0.25) is 9.59 Å². The number of aliphatic carboxylic acids is 2. The van der Waals surface area contributed by atoms with E-state index in [0.29, 0.717) is 12.8 Å². The van der Waals surface area contributed by atoms with Crippen LogP contribution in [0, 0.1) is 11.8 Å². The van der Waals surface area contributed by atoms with Crippen molar-refractivity contribution in [3.05, 3.63) is 0 Å². The van der Waals surface area contributed by atoms with Crippen molar-refractivity contribution in [2.24, 2.45) is 11.8 Å². The highest BCUT2D eigenvalue weighted by molar-refractivity contribution is 7.99. The second-order valence-electron chi connectivity index (χ2n) is 3.08. The Bertz CT molecular complexity index is 194. The molecule has 74 valence electrons. The zero-order valence-electron chi connectivity index (χ0n) is 7.10. The molecular formula is C8H12O4S. The van der Waals surface area contributed by atoms with Gasteiger partial charge in [-0.15, -0.1) is 0 Å². The number of thioether (sulfide) groups is 1. The summed E-state index contributed by atoms with van der Waals surface area (Å²) in [6.07, 6.45) is 0.938. The molecule has 0 amide bonds. The summed E-state index contributed by atoms with van der Waals surface area (Å²) in [6, 6.07) is 0. The Kier molecular flexibility index (Phi) is 3.59. The topological polar surface area (TPSA) is 74.6 Å². The van der Waals surface area contributed by atoms with Crippen molar-refractivity contribution in [2.45, 2.75) is 12.8 Å². The first-order valence-electron chi connectivity index (χ1n) is 4.16. The van der Waals surface area contributed by atoms with Crippen LogP contribution in [0.4, 0.5) is 0 Å². The van der Waals surface area contributed by atoms with E-state index in [1.165, 1.54) is 0 Å². The normalized spacial score (nSPS) is 29.2. The van der Waals surface area contributed by atoms with Gasteiger partial charge in [-0.05, 0) is 24.3 Å². The molecule has 2 N–H and O–H groups in total. The summed E-state index contributed by atoms with van der Waals surface area (Å²) in [6.45, 7) is 0. The minimum absolute atomic E-state index is 0.469. The third-order valence-corrected chi connectivity index (χ3v) is 3.32. The summed E-state index contributed by atoms with van der Waals surface area (Å²) >= 11 is 1.63. The van der Waals surface area contributed by atoms with Gasteiger partial charge < -0.3 is 10.2 Å². The first-order valence-corrected chi connectivity index (χ1v) is 5.31. The van der Waals surface area contributed by atoms with Crippen LogP contribution in [0.5, 0.6) is 0 Å². The molecule has 0 aliphatic carbocycles. The highest BCUT2D eigenvalue weighted by atomic mass is 32.2. The Morgan fingerprint density at radius 2 is 1.38 bits per heavy atom. The van der Waals surface area contributed by atoms with E-state index < -0.39 is 23.8 Å². The molecular weight excluding hydrogens is 192 g/mol. The summed E-state index contributed by atoms with van der Waals surface area (Å²) in [5, 5.41) is 17.6. The maximum absolute atomic E-state index is 10.7. The highest BCUT2D eigenvalue weighted by Gasteiger charge is 2.34. The van der Waals surface area contributed by atoms with Crippen LogP contribution >= 0.6 is 11.8 Å². The highest BCUT2D eigenvalue weighted by Crippen LogP contribution is 2.28. The van der Waals surface area contributed by atoms with Gasteiger partial charge in [0.2, 0.25) is 0 Å². The predicted molar refractivity (Wildman–Crippen MR) is 48.8 cm³/mol. The van der Waals surface area contributed by atoms with Crippen molar-refractivity contribution in [2.75, 3.05) is 11.5 Å². The second kappa shape index (κ2) is 4.50. The van der Waals surface area contributed by atoms with Gasteiger partial charge in [0.25, 0.3) is 0 Å². The van der Waals surface area contributed by atoms with Crippen LogP contribution in [0.15, 0.2) is 0 Å². The van der Waals surface area contributed by atoms with Gasteiger partial charge in [0, 0.05) is 0 Å². The van der Waals surface area contributed by atoms with Gasteiger partial charge in [0.15, 0.2) is 0 Å². The average Bonchev–Trinajstić information content (AvgIpc) is 2.27. The minimum atomic E-state index is -0.977. The van der Waals surface area contributed by atoms with Crippen LogP contribution in [-0.2, 0) is 9.59 Å². The van der Waals surface area contributed by atoms with Gasteiger partial charge in [-0.25, -0.2) is 0 Å². The summed E-state index contributed by atoms with van der Waals surface area (Å²) in [7, 11) is 0. The molecule has 2 atom stereocenters. The molecule has 0 saturated carbocycles. The van der Waals surface area contributed by atoms with E-state index in [0.717, 1.165) is 11.5 Å². The van der Waals surface area contributed by atoms with Gasteiger partial charge >= 0.3 is 11.9 Å². The molecule has 0 aromatic heterocycles. The van der Waals surface area contributed by atoms with Crippen molar-refractivity contribution < 1.29 is 19.8 Å². The second-order valence-corrected chi connectivity index (χ2v) is 4.30. The van der Waals surface area contributed by atoms with E-state index >= 15 is 0 Å². The molecule has 0 aromatic rings. The molecule has 1 fully saturated rings. The Hall–Kier alpha value is -0.710. The number of hydrogen-bond acceptors (Lipinski definition) is 3. The third-order valence-electron chi connectivity index (χ3n) is 2.27. The number of rotatable bonds is 2. The summed E-state index contributed by atoms with van der Waals surface area (Å²) in [5.74, 6) is -1.86. The lowest BCUT2D eigenvalue weighted by molar-refractivity contribution is -0.153. The lowest BCUT2D eigenvalue weighted by Crippen LogP contribution is -2.29. The van der Waals surface area contributed by atoms with E-state index in [1.807, 2.05) is 0 Å². The van der Waals surface area contributed by atoms with Gasteiger partial charge in [0.1, 0.15) is 0 Å². The molecule has 0 bridgehead atoms. The Labute approximate surface area is 80.3 Å². The summed E-state index contributed by atoms with van der Waals surface area (Å²) in [5.41, 5.74) is 0. The predicted octanol–water partition coefficient (Wildman–Crippen LogP) is 0.915. The number of carboxylic acid groups (broad SMARTS) is 2. The molecule has 1 aliphatic rings. The Morgan fingerprint density at radius 1 is 1.00 bits per heavy atom. The zero-order valence-corrected chi connectivity index (χ0v) is 7.92. The number of carboxylic acids is 2. The molecule has 0 aromatic carbocycles. The van der Waals surface area contributed by atoms with Crippen LogP contribution in [0.3, 0.4) is 0 Å². The smallest absolute Gasteiger partial charge is 0.307 e. The molecule has 0 spiro atoms. The number of hydrogen-bond donors (Lipinski definition) is 2. The molecule has 1 rings (SSSR count). The fraction of sp³-hybridized carbons (Fsp3) is 0.750. The number of carbonyl (C=O) groups is 2. The molecule has 1 heterocycles. The fourth-order valence-electron chi connectivity index (χ4n) is 1.52. The van der Waals surface area contributed by atoms with E-state index in [2.05, 4.69) is 0 Å². The molecule has 0 radical (unpaired) electrons. The Morgan fingerprint density at radius 3 is 1.69 bits per heavy atom. The molecule has 1 saturated heterocycles. The van der Waals surface area contributed by atoms with Crippen molar-refractivity contribution in [3.8, 4) is 0 Å². The zero-order chi connectivity index (χ0) is 9.84. The largest absolute Gasteiger partial charge is 0.481 e. The molecule has 2 unspecified atom stereocenters. The molecule has 4 nitrogen and oxygen atoms in total. The Balaban J connectivity index is 2.72. The summed E-state index contributed by atoms with van der Waals surface area (Å²) < 4.78 is 0. The maximum Gasteiger partial charge on any atom is 0.307 e. The van der Waals surface area contributed by atoms with Crippen molar-refractivity contribution in [1.82, 2.24) is 0 Å². The van der Waals surface area contributed by atoms with E-state index in [1.54, 1.807) is 11.8 Å². The first kappa shape index (κ1) is 10.4. The van der Waals surface area contributed by atoms with Crippen LogP contribution in [0.2, 0.25) is 0 Å². The van der Waals surface area contributed by atoms with Crippen molar-refractivity contribution in [3.63, 3.8) is 0 Å². The third kappa shape index (κ3) is 2.62. The van der Waals surface area contributed by atoms with Gasteiger partial charge in [-0.1, -0.05) is 0 Å². The van der Waals surface area contributed by atoms with Gasteiger partial charge in [-0.2, -0.15) is 11.8 Å². The van der Waals surface area contributed by atoms with Crippen LogP contribution in [0.1, 0.15) is 12.8 Å². The molecule has 1 aliphatic heterocycles. The average molecular weight is 204 g/mol. The van der Waals surface area contributed by atoms with Crippen molar-refractivity contribution in [1.29, 1.82) is 0 Å². The quantitative estimate of drug-likeness (QED) is 0.699. The fourth-order valence-corrected chi connectivity index (χ4v) is 2.56. The minimum Gasteiger partial charge on any atom is -0.481 e. The lowest BCUT2D eigenvalue weighted by Gasteiger charge is -2.15.